The number of aldehydes is 1. The molecule has 0 aliphatic carbocycles. The van der Waals surface area contributed by atoms with Gasteiger partial charge in [0.05, 0.1) is 10.6 Å². The summed E-state index contributed by atoms with van der Waals surface area (Å²) in [5, 5.41) is 0. The number of carbonyl (C=O) groups excluding carboxylic acids is 1. The van der Waals surface area contributed by atoms with Gasteiger partial charge in [-0.2, -0.15) is 4.98 Å². The fourth-order valence-electron chi connectivity index (χ4n) is 5.90. The van der Waals surface area contributed by atoms with Crippen molar-refractivity contribution in [2.45, 2.75) is 43.7 Å². The number of aryl methyl sites for hydroxylation is 2. The molecular weight excluding hydrogens is 514 g/mol. The van der Waals surface area contributed by atoms with E-state index in [-0.39, 0.29) is 22.5 Å². The number of rotatable bonds is 7. The summed E-state index contributed by atoms with van der Waals surface area (Å²) in [6.45, 7) is 6.82. The minimum atomic E-state index is -4.05. The second-order valence-corrected chi connectivity index (χ2v) is 12.4. The van der Waals surface area contributed by atoms with Gasteiger partial charge in [-0.1, -0.05) is 30.3 Å². The van der Waals surface area contributed by atoms with Gasteiger partial charge in [0.1, 0.15) is 12.4 Å². The summed E-state index contributed by atoms with van der Waals surface area (Å²) in [7, 11) is 0.217. The number of piperidine rings is 2. The largest absolute Gasteiger partial charge is 0.472 e. The van der Waals surface area contributed by atoms with Gasteiger partial charge in [-0.3, -0.25) is 4.79 Å². The van der Waals surface area contributed by atoms with E-state index < -0.39 is 10.0 Å². The highest BCUT2D eigenvalue weighted by atomic mass is 32.2. The van der Waals surface area contributed by atoms with Crippen LogP contribution in [0, 0.1) is 19.8 Å². The SMILES string of the molecule is Cc1cccc(C)c1-c1cc(O[C@H]2CN(C)CC3C2CCCN3C)nc(NS(=O)(=O)c2cccc(C=O)c2)n1. The number of benzene rings is 2. The molecule has 9 nitrogen and oxygen atoms in total. The maximum absolute atomic E-state index is 13.3. The number of sulfonamides is 1. The fourth-order valence-corrected chi connectivity index (χ4v) is 6.90. The quantitative estimate of drug-likeness (QED) is 0.444. The zero-order chi connectivity index (χ0) is 27.7. The minimum Gasteiger partial charge on any atom is -0.472 e. The van der Waals surface area contributed by atoms with Gasteiger partial charge in [0.25, 0.3) is 10.0 Å². The van der Waals surface area contributed by atoms with E-state index >= 15 is 0 Å². The van der Waals surface area contributed by atoms with E-state index in [0.717, 1.165) is 49.2 Å². The molecule has 0 bridgehead atoms. The first-order valence-electron chi connectivity index (χ1n) is 13.2. The Labute approximate surface area is 230 Å². The van der Waals surface area contributed by atoms with Crippen LogP contribution in [0.4, 0.5) is 5.95 Å². The standard InChI is InChI=1S/C29H35N5O4S/c1-19-8-5-9-20(2)28(19)24-15-27(38-26-17-33(3)16-25-23(26)12-7-13-34(25)4)31-29(30-24)32-39(36,37)22-11-6-10-21(14-22)18-35/h5-6,8-11,14-15,18,23,25-26H,7,12-13,16-17H2,1-4H3,(H,30,31,32)/t23?,25?,26-/m0/s1. The van der Waals surface area contributed by atoms with Crippen molar-refractivity contribution in [3.8, 4) is 17.1 Å². The highest BCUT2D eigenvalue weighted by Gasteiger charge is 2.41. The lowest BCUT2D eigenvalue weighted by atomic mass is 9.82. The molecule has 1 N–H and O–H groups in total. The molecule has 2 aliphatic heterocycles. The Kier molecular flexibility index (Phi) is 7.70. The lowest BCUT2D eigenvalue weighted by molar-refractivity contribution is -0.0352. The number of nitrogens with zero attached hydrogens (tertiary/aromatic N) is 4. The molecule has 0 radical (unpaired) electrons. The summed E-state index contributed by atoms with van der Waals surface area (Å²) in [6, 6.07) is 14.0. The van der Waals surface area contributed by atoms with Crippen LogP contribution in [0.1, 0.15) is 34.3 Å². The van der Waals surface area contributed by atoms with Gasteiger partial charge in [-0.05, 0) is 70.6 Å². The van der Waals surface area contributed by atoms with Gasteiger partial charge in [0, 0.05) is 42.2 Å². The van der Waals surface area contributed by atoms with Crippen molar-refractivity contribution < 1.29 is 17.9 Å². The lowest BCUT2D eigenvalue weighted by Crippen LogP contribution is -2.60. The van der Waals surface area contributed by atoms with Crippen molar-refractivity contribution >= 4 is 22.3 Å². The lowest BCUT2D eigenvalue weighted by Gasteiger charge is -2.48. The average Bonchev–Trinajstić information content (AvgIpc) is 2.89. The Morgan fingerprint density at radius 1 is 1.03 bits per heavy atom. The van der Waals surface area contributed by atoms with E-state index in [1.54, 1.807) is 12.1 Å². The smallest absolute Gasteiger partial charge is 0.264 e. The third-order valence-electron chi connectivity index (χ3n) is 7.82. The molecule has 10 heteroatoms. The van der Waals surface area contributed by atoms with Crippen molar-refractivity contribution in [3.63, 3.8) is 0 Å². The van der Waals surface area contributed by atoms with Crippen LogP contribution in [-0.4, -0.2) is 80.3 Å². The van der Waals surface area contributed by atoms with Crippen LogP contribution in [0.2, 0.25) is 0 Å². The van der Waals surface area contributed by atoms with Crippen LogP contribution in [0.25, 0.3) is 11.3 Å². The number of hydrogen-bond acceptors (Lipinski definition) is 8. The molecule has 2 aromatic carbocycles. The molecule has 3 heterocycles. The number of anilines is 1. The van der Waals surface area contributed by atoms with Gasteiger partial charge >= 0.3 is 0 Å². The van der Waals surface area contributed by atoms with Gasteiger partial charge in [-0.25, -0.2) is 18.1 Å². The molecule has 1 aromatic heterocycles. The van der Waals surface area contributed by atoms with Crippen LogP contribution >= 0.6 is 0 Å². The maximum atomic E-state index is 13.3. The molecule has 3 aromatic rings. The molecule has 2 aliphatic rings. The van der Waals surface area contributed by atoms with Crippen LogP contribution in [0.3, 0.4) is 0 Å². The molecule has 2 unspecified atom stereocenters. The highest BCUT2D eigenvalue weighted by Crippen LogP contribution is 2.34. The van der Waals surface area contributed by atoms with E-state index in [0.29, 0.717) is 29.8 Å². The Morgan fingerprint density at radius 2 is 1.77 bits per heavy atom. The topological polar surface area (TPSA) is 105 Å². The van der Waals surface area contributed by atoms with Crippen molar-refractivity contribution in [1.82, 2.24) is 19.8 Å². The summed E-state index contributed by atoms with van der Waals surface area (Å²) in [4.78, 5) is 25.0. The predicted molar refractivity (Wildman–Crippen MR) is 151 cm³/mol. The number of ether oxygens (including phenoxy) is 1. The molecule has 0 amide bonds. The van der Waals surface area contributed by atoms with Crippen molar-refractivity contribution in [2.24, 2.45) is 5.92 Å². The average molecular weight is 550 g/mol. The first-order chi connectivity index (χ1) is 18.6. The first-order valence-corrected chi connectivity index (χ1v) is 14.7. The Morgan fingerprint density at radius 3 is 2.51 bits per heavy atom. The normalized spacial score (nSPS) is 22.2. The Balaban J connectivity index is 1.54. The van der Waals surface area contributed by atoms with Crippen molar-refractivity contribution in [3.05, 3.63) is 65.2 Å². The molecule has 5 rings (SSSR count). The second kappa shape index (κ2) is 11.0. The predicted octanol–water partition coefficient (Wildman–Crippen LogP) is 3.78. The second-order valence-electron chi connectivity index (χ2n) is 10.7. The molecule has 2 saturated heterocycles. The molecule has 206 valence electrons. The molecule has 2 fully saturated rings. The molecule has 3 atom stereocenters. The van der Waals surface area contributed by atoms with Crippen LogP contribution in [0.5, 0.6) is 5.88 Å². The number of aromatic nitrogens is 2. The Hall–Kier alpha value is -3.34. The number of likely N-dealkylation sites (tertiary alicyclic amines) is 2. The number of nitrogens with one attached hydrogen (secondary N) is 1. The van der Waals surface area contributed by atoms with E-state index in [1.807, 2.05) is 32.0 Å². The third kappa shape index (κ3) is 5.83. The Bertz CT molecular complexity index is 1460. The summed E-state index contributed by atoms with van der Waals surface area (Å²) >= 11 is 0. The van der Waals surface area contributed by atoms with E-state index in [2.05, 4.69) is 38.6 Å². The summed E-state index contributed by atoms with van der Waals surface area (Å²) in [6.07, 6.45) is 2.71. The molecule has 0 spiro atoms. The van der Waals surface area contributed by atoms with Crippen LogP contribution in [0.15, 0.2) is 53.4 Å². The third-order valence-corrected chi connectivity index (χ3v) is 9.14. The zero-order valence-corrected chi connectivity index (χ0v) is 23.6. The van der Waals surface area contributed by atoms with Gasteiger partial charge < -0.3 is 14.5 Å². The number of hydrogen-bond donors (Lipinski definition) is 1. The maximum Gasteiger partial charge on any atom is 0.264 e. The number of fused-ring (bicyclic) bond motifs is 1. The van der Waals surface area contributed by atoms with E-state index in [1.165, 1.54) is 18.2 Å². The van der Waals surface area contributed by atoms with Crippen molar-refractivity contribution in [2.75, 3.05) is 38.5 Å². The fraction of sp³-hybridized carbons (Fsp3) is 0.414. The van der Waals surface area contributed by atoms with E-state index in [4.69, 9.17) is 4.74 Å². The molecule has 0 saturated carbocycles. The number of likely N-dealkylation sites (N-methyl/N-ethyl adjacent to an activating group) is 2. The minimum absolute atomic E-state index is 0.0439. The summed E-state index contributed by atoms with van der Waals surface area (Å²) < 4.78 is 35.6. The zero-order valence-electron chi connectivity index (χ0n) is 22.8. The highest BCUT2D eigenvalue weighted by molar-refractivity contribution is 7.92. The number of carbonyl (C=O) groups is 1. The summed E-state index contributed by atoms with van der Waals surface area (Å²) in [5.41, 5.74) is 3.78. The van der Waals surface area contributed by atoms with Crippen LogP contribution < -0.4 is 9.46 Å². The molecule has 39 heavy (non-hydrogen) atoms. The van der Waals surface area contributed by atoms with E-state index in [9.17, 15) is 13.2 Å². The first kappa shape index (κ1) is 27.2. The van der Waals surface area contributed by atoms with Gasteiger partial charge in [0.2, 0.25) is 11.8 Å². The monoisotopic (exact) mass is 549 g/mol. The molecular formula is C29H35N5O4S. The van der Waals surface area contributed by atoms with Crippen molar-refractivity contribution in [1.29, 1.82) is 0 Å². The van der Waals surface area contributed by atoms with Gasteiger partial charge in [-0.15, -0.1) is 0 Å². The summed E-state index contributed by atoms with van der Waals surface area (Å²) in [5.74, 6) is 0.599. The van der Waals surface area contributed by atoms with Crippen LogP contribution in [-0.2, 0) is 10.0 Å². The van der Waals surface area contributed by atoms with Gasteiger partial charge in [0.15, 0.2) is 0 Å².